The lowest BCUT2D eigenvalue weighted by Crippen LogP contribution is -2.63. The maximum Gasteiger partial charge on any atom is 0.225 e. The first-order valence-corrected chi connectivity index (χ1v) is 7.96. The van der Waals surface area contributed by atoms with Gasteiger partial charge in [-0.1, -0.05) is 27.7 Å². The minimum Gasteiger partial charge on any atom is -0.342 e. The van der Waals surface area contributed by atoms with Crippen molar-refractivity contribution >= 4 is 11.8 Å². The van der Waals surface area contributed by atoms with Crippen LogP contribution in [0.2, 0.25) is 0 Å². The predicted octanol–water partition coefficient (Wildman–Crippen LogP) is 2.14. The topological polar surface area (TPSA) is 40.6 Å². The molecule has 1 atom stereocenters. The summed E-state index contributed by atoms with van der Waals surface area (Å²) in [6, 6.07) is 0. The molecule has 2 aliphatic rings. The number of hydrogen-bond donors (Lipinski definition) is 0. The molecule has 2 rings (SSSR count). The van der Waals surface area contributed by atoms with Gasteiger partial charge in [-0.2, -0.15) is 0 Å². The van der Waals surface area contributed by atoms with Crippen molar-refractivity contribution in [3.8, 4) is 0 Å². The molecule has 0 aromatic rings. The van der Waals surface area contributed by atoms with E-state index < -0.39 is 0 Å². The van der Waals surface area contributed by atoms with Gasteiger partial charge in [0.05, 0.1) is 0 Å². The van der Waals surface area contributed by atoms with Crippen LogP contribution in [0.4, 0.5) is 0 Å². The summed E-state index contributed by atoms with van der Waals surface area (Å²) in [4.78, 5) is 28.1. The van der Waals surface area contributed by atoms with Gasteiger partial charge in [0.15, 0.2) is 0 Å². The molecule has 2 saturated heterocycles. The van der Waals surface area contributed by atoms with Crippen LogP contribution in [-0.4, -0.2) is 47.8 Å². The number of nitrogens with zero attached hydrogens (tertiary/aromatic N) is 2. The smallest absolute Gasteiger partial charge is 0.225 e. The van der Waals surface area contributed by atoms with Crippen LogP contribution in [-0.2, 0) is 9.59 Å². The van der Waals surface area contributed by atoms with Crippen LogP contribution in [0.15, 0.2) is 0 Å². The molecule has 0 aromatic heterocycles. The molecule has 0 bridgehead atoms. The minimum absolute atomic E-state index is 0.0967. The molecular formula is C16H28N2O2. The van der Waals surface area contributed by atoms with Crippen molar-refractivity contribution in [1.82, 2.24) is 9.80 Å². The molecule has 0 aromatic carbocycles. The SMILES string of the molecule is CCC(C)C(=O)N1CCC2(CC1)CN(C(=O)C(C)C)C2. The van der Waals surface area contributed by atoms with Gasteiger partial charge in [0, 0.05) is 43.4 Å². The molecule has 1 spiro atoms. The summed E-state index contributed by atoms with van der Waals surface area (Å²) in [6.45, 7) is 11.5. The van der Waals surface area contributed by atoms with Crippen LogP contribution in [0.5, 0.6) is 0 Å². The van der Waals surface area contributed by atoms with Gasteiger partial charge in [-0.25, -0.2) is 0 Å². The standard InChI is InChI=1S/C16H28N2O2/c1-5-13(4)15(20)17-8-6-16(7-9-17)10-18(11-16)14(19)12(2)3/h12-13H,5-11H2,1-4H3. The maximum absolute atomic E-state index is 12.2. The van der Waals surface area contributed by atoms with Gasteiger partial charge in [-0.3, -0.25) is 9.59 Å². The van der Waals surface area contributed by atoms with Crippen molar-refractivity contribution in [2.45, 2.75) is 47.0 Å². The van der Waals surface area contributed by atoms with Gasteiger partial charge in [0.1, 0.15) is 0 Å². The molecule has 0 N–H and O–H groups in total. The molecule has 4 nitrogen and oxygen atoms in total. The fourth-order valence-electron chi connectivity index (χ4n) is 3.29. The Morgan fingerprint density at radius 1 is 1.00 bits per heavy atom. The maximum atomic E-state index is 12.2. The molecule has 0 radical (unpaired) electrons. The van der Waals surface area contributed by atoms with Gasteiger partial charge in [-0.15, -0.1) is 0 Å². The number of piperidine rings is 1. The first kappa shape index (κ1) is 15.3. The van der Waals surface area contributed by atoms with Crippen LogP contribution < -0.4 is 0 Å². The van der Waals surface area contributed by atoms with Gasteiger partial charge in [0.2, 0.25) is 11.8 Å². The van der Waals surface area contributed by atoms with Crippen LogP contribution in [0.1, 0.15) is 47.0 Å². The Morgan fingerprint density at radius 3 is 2.00 bits per heavy atom. The summed E-state index contributed by atoms with van der Waals surface area (Å²) in [6.07, 6.45) is 3.02. The molecule has 2 aliphatic heterocycles. The molecule has 0 aliphatic carbocycles. The third-order valence-corrected chi connectivity index (χ3v) is 5.03. The predicted molar refractivity (Wildman–Crippen MR) is 79.1 cm³/mol. The minimum atomic E-state index is 0.0967. The van der Waals surface area contributed by atoms with E-state index in [1.54, 1.807) is 0 Å². The Labute approximate surface area is 122 Å². The molecule has 2 fully saturated rings. The quantitative estimate of drug-likeness (QED) is 0.794. The highest BCUT2D eigenvalue weighted by molar-refractivity contribution is 5.79. The average molecular weight is 280 g/mol. The van der Waals surface area contributed by atoms with E-state index in [0.717, 1.165) is 45.4 Å². The van der Waals surface area contributed by atoms with Crippen molar-refractivity contribution < 1.29 is 9.59 Å². The van der Waals surface area contributed by atoms with E-state index in [1.165, 1.54) is 0 Å². The molecule has 20 heavy (non-hydrogen) atoms. The lowest BCUT2D eigenvalue weighted by Gasteiger charge is -2.54. The molecular weight excluding hydrogens is 252 g/mol. The second kappa shape index (κ2) is 5.74. The van der Waals surface area contributed by atoms with Crippen molar-refractivity contribution in [1.29, 1.82) is 0 Å². The van der Waals surface area contributed by atoms with E-state index >= 15 is 0 Å². The summed E-state index contributed by atoms with van der Waals surface area (Å²) in [5.74, 6) is 0.814. The zero-order chi connectivity index (χ0) is 14.9. The van der Waals surface area contributed by atoms with Gasteiger partial charge < -0.3 is 9.80 Å². The van der Waals surface area contributed by atoms with E-state index in [-0.39, 0.29) is 17.7 Å². The zero-order valence-corrected chi connectivity index (χ0v) is 13.3. The Hall–Kier alpha value is -1.06. The van der Waals surface area contributed by atoms with Gasteiger partial charge in [-0.05, 0) is 19.3 Å². The summed E-state index contributed by atoms with van der Waals surface area (Å²) < 4.78 is 0. The average Bonchev–Trinajstić information content (AvgIpc) is 2.42. The number of carbonyl (C=O) groups excluding carboxylic acids is 2. The summed E-state index contributed by atoms with van der Waals surface area (Å²) >= 11 is 0. The molecule has 2 amide bonds. The summed E-state index contributed by atoms with van der Waals surface area (Å²) in [5.41, 5.74) is 0.302. The van der Waals surface area contributed by atoms with Crippen LogP contribution >= 0.6 is 0 Å². The third-order valence-electron chi connectivity index (χ3n) is 5.03. The van der Waals surface area contributed by atoms with E-state index in [9.17, 15) is 9.59 Å². The van der Waals surface area contributed by atoms with E-state index in [4.69, 9.17) is 0 Å². The van der Waals surface area contributed by atoms with Gasteiger partial charge >= 0.3 is 0 Å². The van der Waals surface area contributed by atoms with Crippen molar-refractivity contribution in [2.24, 2.45) is 17.3 Å². The first-order chi connectivity index (χ1) is 9.38. The molecule has 4 heteroatoms. The Bertz CT molecular complexity index is 376. The highest BCUT2D eigenvalue weighted by Crippen LogP contribution is 2.41. The fourth-order valence-corrected chi connectivity index (χ4v) is 3.29. The summed E-state index contributed by atoms with van der Waals surface area (Å²) in [7, 11) is 0. The van der Waals surface area contributed by atoms with E-state index in [0.29, 0.717) is 11.3 Å². The lowest BCUT2D eigenvalue weighted by molar-refractivity contribution is -0.153. The molecule has 0 saturated carbocycles. The lowest BCUT2D eigenvalue weighted by atomic mass is 9.71. The highest BCUT2D eigenvalue weighted by atomic mass is 16.2. The van der Waals surface area contributed by atoms with Crippen molar-refractivity contribution in [2.75, 3.05) is 26.2 Å². The molecule has 114 valence electrons. The van der Waals surface area contributed by atoms with E-state index in [1.807, 2.05) is 30.6 Å². The largest absolute Gasteiger partial charge is 0.342 e. The Kier molecular flexibility index (Phi) is 4.40. The number of amides is 2. The first-order valence-electron chi connectivity index (χ1n) is 7.96. The second-order valence-electron chi connectivity index (χ2n) is 6.98. The zero-order valence-electron chi connectivity index (χ0n) is 13.3. The monoisotopic (exact) mass is 280 g/mol. The van der Waals surface area contributed by atoms with Crippen molar-refractivity contribution in [3.63, 3.8) is 0 Å². The number of likely N-dealkylation sites (tertiary alicyclic amines) is 2. The highest BCUT2D eigenvalue weighted by Gasteiger charge is 2.47. The Morgan fingerprint density at radius 2 is 1.55 bits per heavy atom. The summed E-state index contributed by atoms with van der Waals surface area (Å²) in [5, 5.41) is 0. The van der Waals surface area contributed by atoms with Crippen LogP contribution in [0, 0.1) is 17.3 Å². The van der Waals surface area contributed by atoms with Crippen LogP contribution in [0.25, 0.3) is 0 Å². The Balaban J connectivity index is 1.82. The third kappa shape index (κ3) is 2.84. The number of hydrogen-bond acceptors (Lipinski definition) is 2. The van der Waals surface area contributed by atoms with E-state index in [2.05, 4.69) is 6.92 Å². The normalized spacial score (nSPS) is 22.9. The molecule has 1 unspecified atom stereocenters. The fraction of sp³-hybridized carbons (Fsp3) is 0.875. The van der Waals surface area contributed by atoms with Crippen molar-refractivity contribution in [3.05, 3.63) is 0 Å². The van der Waals surface area contributed by atoms with Crippen LogP contribution in [0.3, 0.4) is 0 Å². The number of rotatable bonds is 3. The number of carbonyl (C=O) groups is 2. The van der Waals surface area contributed by atoms with Gasteiger partial charge in [0.25, 0.3) is 0 Å². The molecule has 2 heterocycles. The second-order valence-corrected chi connectivity index (χ2v) is 6.98.